The number of pyridine rings is 1. The zero-order valence-corrected chi connectivity index (χ0v) is 24.1. The maximum atomic E-state index is 13.1. The lowest BCUT2D eigenvalue weighted by Gasteiger charge is -2.20. The van der Waals surface area contributed by atoms with Crippen molar-refractivity contribution in [2.24, 2.45) is 5.92 Å². The average molecular weight is 553 g/mol. The molecule has 1 aliphatic heterocycles. The van der Waals surface area contributed by atoms with Crippen LogP contribution in [-0.4, -0.2) is 59.8 Å². The first-order valence-electron chi connectivity index (χ1n) is 13.5. The fourth-order valence-corrected chi connectivity index (χ4v) is 6.09. The Kier molecular flexibility index (Phi) is 7.52. The molecule has 3 aromatic rings. The van der Waals surface area contributed by atoms with Crippen molar-refractivity contribution in [2.75, 3.05) is 20.3 Å². The van der Waals surface area contributed by atoms with E-state index < -0.39 is 11.6 Å². The largest absolute Gasteiger partial charge is 0.496 e. The first kappa shape index (κ1) is 27.3. The van der Waals surface area contributed by atoms with Gasteiger partial charge < -0.3 is 24.8 Å². The summed E-state index contributed by atoms with van der Waals surface area (Å²) >= 11 is 1.56. The number of ether oxygens (including phenoxy) is 3. The normalized spacial score (nSPS) is 24.1. The molecule has 0 radical (unpaired) electrons. The number of carbonyl (C=O) groups excluding carboxylic acids is 2. The molecular weight excluding hydrogens is 516 g/mol. The second-order valence-electron chi connectivity index (χ2n) is 10.7. The number of benzene rings is 1. The van der Waals surface area contributed by atoms with Gasteiger partial charge in [-0.1, -0.05) is 20.8 Å². The standard InChI is InChI=1S/C29H36N4O5S/c1-7-37-28(35)29(12-16(29)4)33-26(34)20-10-18(13-30-20)38-24-11-21(27-32-22(14-39-27)15(2)3)31-25-17(5)23(36-6)9-8-19(24)25/h8-9,11,14-16,18,20,30H,7,10,12-13H2,1-6H3,(H,33,34)/t16-,18-,20+,29-/m1/s1. The molecule has 0 bridgehead atoms. The molecule has 2 N–H and O–H groups in total. The molecule has 2 aliphatic rings. The van der Waals surface area contributed by atoms with Crippen LogP contribution in [0.5, 0.6) is 11.5 Å². The van der Waals surface area contributed by atoms with E-state index in [1.165, 1.54) is 0 Å². The van der Waals surface area contributed by atoms with E-state index in [-0.39, 0.29) is 30.5 Å². The number of rotatable bonds is 9. The number of methoxy groups -OCH3 is 1. The van der Waals surface area contributed by atoms with E-state index in [0.717, 1.165) is 38.6 Å². The zero-order chi connectivity index (χ0) is 27.9. The van der Waals surface area contributed by atoms with Crippen molar-refractivity contribution in [3.63, 3.8) is 0 Å². The van der Waals surface area contributed by atoms with Crippen LogP contribution in [0.25, 0.3) is 21.6 Å². The summed E-state index contributed by atoms with van der Waals surface area (Å²) in [4.78, 5) is 35.3. The topological polar surface area (TPSA) is 112 Å². The van der Waals surface area contributed by atoms with Crippen LogP contribution in [0.2, 0.25) is 0 Å². The van der Waals surface area contributed by atoms with Crippen molar-refractivity contribution < 1.29 is 23.8 Å². The van der Waals surface area contributed by atoms with Crippen molar-refractivity contribution >= 4 is 34.1 Å². The monoisotopic (exact) mass is 552 g/mol. The van der Waals surface area contributed by atoms with Crippen LogP contribution >= 0.6 is 11.3 Å². The van der Waals surface area contributed by atoms with Crippen LogP contribution < -0.4 is 20.1 Å². The number of thiazole rings is 1. The van der Waals surface area contributed by atoms with Gasteiger partial charge in [-0.05, 0) is 44.2 Å². The van der Waals surface area contributed by atoms with E-state index in [4.69, 9.17) is 24.2 Å². The van der Waals surface area contributed by atoms with E-state index >= 15 is 0 Å². The number of nitrogens with one attached hydrogen (secondary N) is 2. The van der Waals surface area contributed by atoms with Gasteiger partial charge in [-0.3, -0.25) is 4.79 Å². The third kappa shape index (κ3) is 5.19. The van der Waals surface area contributed by atoms with Crippen LogP contribution in [0, 0.1) is 12.8 Å². The fraction of sp³-hybridized carbons (Fsp3) is 0.517. The predicted molar refractivity (Wildman–Crippen MR) is 150 cm³/mol. The molecule has 4 atom stereocenters. The highest BCUT2D eigenvalue weighted by atomic mass is 32.1. The van der Waals surface area contributed by atoms with Gasteiger partial charge in [0.05, 0.1) is 31.0 Å². The summed E-state index contributed by atoms with van der Waals surface area (Å²) in [5, 5.41) is 10.00. The fourth-order valence-electron chi connectivity index (χ4n) is 5.15. The molecule has 1 saturated carbocycles. The summed E-state index contributed by atoms with van der Waals surface area (Å²) in [6.07, 6.45) is 0.829. The minimum absolute atomic E-state index is 0.0536. The van der Waals surface area contributed by atoms with Gasteiger partial charge in [0.2, 0.25) is 5.91 Å². The van der Waals surface area contributed by atoms with E-state index in [2.05, 4.69) is 29.9 Å². The van der Waals surface area contributed by atoms with Crippen LogP contribution in [0.3, 0.4) is 0 Å². The minimum Gasteiger partial charge on any atom is -0.496 e. The lowest BCUT2D eigenvalue weighted by Crippen LogP contribution is -2.51. The highest BCUT2D eigenvalue weighted by molar-refractivity contribution is 7.13. The smallest absolute Gasteiger partial charge is 0.332 e. The Morgan fingerprint density at radius 3 is 2.67 bits per heavy atom. The van der Waals surface area contributed by atoms with Gasteiger partial charge in [0, 0.05) is 35.4 Å². The van der Waals surface area contributed by atoms with Crippen LogP contribution in [-0.2, 0) is 14.3 Å². The summed E-state index contributed by atoms with van der Waals surface area (Å²) < 4.78 is 17.3. The molecule has 1 saturated heterocycles. The van der Waals surface area contributed by atoms with Crippen molar-refractivity contribution in [2.45, 2.75) is 71.1 Å². The molecule has 3 heterocycles. The van der Waals surface area contributed by atoms with Gasteiger partial charge in [-0.15, -0.1) is 11.3 Å². The Morgan fingerprint density at radius 1 is 1.26 bits per heavy atom. The third-order valence-electron chi connectivity index (χ3n) is 7.70. The molecule has 2 fully saturated rings. The maximum Gasteiger partial charge on any atom is 0.332 e. The molecule has 9 nitrogen and oxygen atoms in total. The Hall–Kier alpha value is -3.24. The molecule has 0 unspecified atom stereocenters. The number of fused-ring (bicyclic) bond motifs is 1. The quantitative estimate of drug-likeness (QED) is 0.377. The van der Waals surface area contributed by atoms with Crippen molar-refractivity contribution in [1.29, 1.82) is 0 Å². The van der Waals surface area contributed by atoms with Crippen LogP contribution in [0.4, 0.5) is 0 Å². The van der Waals surface area contributed by atoms with E-state index in [9.17, 15) is 9.59 Å². The zero-order valence-electron chi connectivity index (χ0n) is 23.3. The molecule has 2 aromatic heterocycles. The maximum absolute atomic E-state index is 13.1. The molecular formula is C29H36N4O5S. The number of carbonyl (C=O) groups is 2. The summed E-state index contributed by atoms with van der Waals surface area (Å²) in [7, 11) is 1.65. The van der Waals surface area contributed by atoms with E-state index in [1.807, 2.05) is 32.0 Å². The second-order valence-corrected chi connectivity index (χ2v) is 11.6. The van der Waals surface area contributed by atoms with Crippen LogP contribution in [0.1, 0.15) is 57.7 Å². The molecule has 5 rings (SSSR count). The Bertz CT molecular complexity index is 1410. The van der Waals surface area contributed by atoms with E-state index in [1.54, 1.807) is 25.4 Å². The lowest BCUT2D eigenvalue weighted by atomic mass is 10.1. The van der Waals surface area contributed by atoms with Crippen molar-refractivity contribution in [3.8, 4) is 22.2 Å². The number of hydrogen-bond donors (Lipinski definition) is 2. The highest BCUT2D eigenvalue weighted by Crippen LogP contribution is 2.44. The Balaban J connectivity index is 1.38. The molecule has 39 heavy (non-hydrogen) atoms. The van der Waals surface area contributed by atoms with E-state index in [0.29, 0.717) is 31.1 Å². The van der Waals surface area contributed by atoms with Crippen molar-refractivity contribution in [1.82, 2.24) is 20.6 Å². The number of amides is 1. The van der Waals surface area contributed by atoms with Gasteiger partial charge in [0.1, 0.15) is 33.8 Å². The summed E-state index contributed by atoms with van der Waals surface area (Å²) in [5.74, 6) is 1.25. The summed E-state index contributed by atoms with van der Waals surface area (Å²) in [6.45, 7) is 10.7. The molecule has 1 aliphatic carbocycles. The third-order valence-corrected chi connectivity index (χ3v) is 8.58. The Morgan fingerprint density at radius 2 is 2.03 bits per heavy atom. The number of nitrogens with zero attached hydrogens (tertiary/aromatic N) is 2. The highest BCUT2D eigenvalue weighted by Gasteiger charge is 2.60. The number of aromatic nitrogens is 2. The summed E-state index contributed by atoms with van der Waals surface area (Å²) in [5.41, 5.74) is 2.57. The predicted octanol–water partition coefficient (Wildman–Crippen LogP) is 4.37. The molecule has 0 spiro atoms. The van der Waals surface area contributed by atoms with Gasteiger partial charge in [0.25, 0.3) is 0 Å². The van der Waals surface area contributed by atoms with Gasteiger partial charge in [-0.25, -0.2) is 14.8 Å². The van der Waals surface area contributed by atoms with Gasteiger partial charge >= 0.3 is 5.97 Å². The minimum atomic E-state index is -0.914. The average Bonchev–Trinajstić information content (AvgIpc) is 3.27. The Labute approximate surface area is 232 Å². The number of aryl methyl sites for hydroxylation is 1. The molecule has 1 aromatic carbocycles. The SMILES string of the molecule is CCOC(=O)[C@@]1(NC(=O)[C@@H]2C[C@@H](Oc3cc(-c4nc(C(C)C)cs4)nc4c(C)c(OC)ccc34)CN2)C[C@H]1C. The van der Waals surface area contributed by atoms with Gasteiger partial charge in [0.15, 0.2) is 0 Å². The first-order chi connectivity index (χ1) is 18.7. The van der Waals surface area contributed by atoms with Crippen LogP contribution in [0.15, 0.2) is 23.6 Å². The molecule has 1 amide bonds. The number of hydrogen-bond acceptors (Lipinski definition) is 9. The second kappa shape index (κ2) is 10.7. The summed E-state index contributed by atoms with van der Waals surface area (Å²) in [6, 6.07) is 5.35. The van der Waals surface area contributed by atoms with Crippen molar-refractivity contribution in [3.05, 3.63) is 34.8 Å². The lowest BCUT2D eigenvalue weighted by molar-refractivity contribution is -0.149. The molecule has 208 valence electrons. The van der Waals surface area contributed by atoms with Gasteiger partial charge in [-0.2, -0.15) is 0 Å². The number of esters is 1. The first-order valence-corrected chi connectivity index (χ1v) is 14.4. The molecule has 10 heteroatoms.